The summed E-state index contributed by atoms with van der Waals surface area (Å²) in [6.45, 7) is 9.37. The zero-order valence-corrected chi connectivity index (χ0v) is 9.22. The van der Waals surface area contributed by atoms with Gasteiger partial charge >= 0.3 is 0 Å². The molecule has 0 fully saturated rings. The van der Waals surface area contributed by atoms with Gasteiger partial charge in [0.2, 0.25) is 0 Å². The van der Waals surface area contributed by atoms with E-state index < -0.39 is 0 Å². The molecule has 0 aromatic rings. The fourth-order valence-corrected chi connectivity index (χ4v) is 1.59. The third-order valence-corrected chi connectivity index (χ3v) is 2.51. The van der Waals surface area contributed by atoms with Crippen molar-refractivity contribution >= 4 is 0 Å². The molecular formula is C14H17F. The summed E-state index contributed by atoms with van der Waals surface area (Å²) in [5, 5.41) is 0. The summed E-state index contributed by atoms with van der Waals surface area (Å²) in [6, 6.07) is 0. The van der Waals surface area contributed by atoms with Crippen molar-refractivity contribution in [3.63, 3.8) is 0 Å². The Morgan fingerprint density at radius 2 is 2.33 bits per heavy atom. The molecular weight excluding hydrogens is 187 g/mol. The third kappa shape index (κ3) is 3.35. The lowest BCUT2D eigenvalue weighted by molar-refractivity contribution is 0.666. The van der Waals surface area contributed by atoms with Crippen LogP contribution in [0.15, 0.2) is 60.0 Å². The van der Waals surface area contributed by atoms with Crippen molar-refractivity contribution in [2.24, 2.45) is 0 Å². The van der Waals surface area contributed by atoms with Gasteiger partial charge in [-0.15, -0.1) is 0 Å². The molecule has 0 aliphatic heterocycles. The van der Waals surface area contributed by atoms with Crippen molar-refractivity contribution in [3.8, 4) is 0 Å². The van der Waals surface area contributed by atoms with Gasteiger partial charge in [-0.25, -0.2) is 4.39 Å². The molecule has 0 atom stereocenters. The minimum absolute atomic E-state index is 0.325. The van der Waals surface area contributed by atoms with E-state index in [0.717, 1.165) is 30.4 Å². The number of rotatable bonds is 4. The van der Waals surface area contributed by atoms with E-state index >= 15 is 0 Å². The maximum Gasteiger partial charge on any atom is 0.123 e. The van der Waals surface area contributed by atoms with Crippen LogP contribution in [0.3, 0.4) is 0 Å². The fourth-order valence-electron chi connectivity index (χ4n) is 1.59. The van der Waals surface area contributed by atoms with Crippen LogP contribution in [0.2, 0.25) is 0 Å². The molecule has 15 heavy (non-hydrogen) atoms. The highest BCUT2D eigenvalue weighted by Gasteiger charge is 2.06. The Hall–Kier alpha value is -1.37. The third-order valence-electron chi connectivity index (χ3n) is 2.51. The van der Waals surface area contributed by atoms with E-state index in [1.165, 1.54) is 17.7 Å². The monoisotopic (exact) mass is 204 g/mol. The first-order valence-corrected chi connectivity index (χ1v) is 5.26. The van der Waals surface area contributed by atoms with Gasteiger partial charge in [0.05, 0.1) is 0 Å². The number of hydrogen-bond acceptors (Lipinski definition) is 0. The summed E-state index contributed by atoms with van der Waals surface area (Å²) in [5.41, 5.74) is 3.20. The average molecular weight is 204 g/mol. The van der Waals surface area contributed by atoms with Crippen molar-refractivity contribution in [1.82, 2.24) is 0 Å². The van der Waals surface area contributed by atoms with E-state index in [1.54, 1.807) is 0 Å². The van der Waals surface area contributed by atoms with Crippen LogP contribution in [0.25, 0.3) is 0 Å². The first kappa shape index (κ1) is 11.7. The van der Waals surface area contributed by atoms with Crippen molar-refractivity contribution in [3.05, 3.63) is 60.0 Å². The van der Waals surface area contributed by atoms with Crippen LogP contribution in [0.4, 0.5) is 4.39 Å². The predicted octanol–water partition coefficient (Wildman–Crippen LogP) is 4.64. The molecule has 0 amide bonds. The van der Waals surface area contributed by atoms with Crippen LogP contribution in [0.1, 0.15) is 26.2 Å². The lowest BCUT2D eigenvalue weighted by Crippen LogP contribution is -1.93. The molecule has 0 aromatic heterocycles. The van der Waals surface area contributed by atoms with Crippen LogP contribution >= 0.6 is 0 Å². The lowest BCUT2D eigenvalue weighted by atomic mass is 9.93. The molecule has 0 radical (unpaired) electrons. The Balaban J connectivity index is 2.81. The number of halogens is 1. The predicted molar refractivity (Wildman–Crippen MR) is 64.2 cm³/mol. The molecule has 80 valence electrons. The zero-order valence-electron chi connectivity index (χ0n) is 9.22. The molecule has 1 aliphatic rings. The minimum atomic E-state index is -0.325. The van der Waals surface area contributed by atoms with Gasteiger partial charge in [-0.1, -0.05) is 37.8 Å². The Kier molecular flexibility index (Phi) is 4.29. The van der Waals surface area contributed by atoms with Gasteiger partial charge in [0, 0.05) is 0 Å². The maximum atomic E-state index is 13.0. The van der Waals surface area contributed by atoms with Gasteiger partial charge in [-0.2, -0.15) is 0 Å². The van der Waals surface area contributed by atoms with Crippen molar-refractivity contribution in [1.29, 1.82) is 0 Å². The smallest absolute Gasteiger partial charge is 0.123 e. The highest BCUT2D eigenvalue weighted by atomic mass is 19.1. The normalized spacial score (nSPS) is 16.8. The maximum absolute atomic E-state index is 13.0. The second-order valence-electron chi connectivity index (χ2n) is 3.60. The summed E-state index contributed by atoms with van der Waals surface area (Å²) in [4.78, 5) is 0. The van der Waals surface area contributed by atoms with E-state index in [-0.39, 0.29) is 5.83 Å². The largest absolute Gasteiger partial charge is 0.207 e. The lowest BCUT2D eigenvalue weighted by Gasteiger charge is -2.13. The van der Waals surface area contributed by atoms with E-state index in [1.807, 2.05) is 0 Å². The van der Waals surface area contributed by atoms with Crippen LogP contribution in [-0.2, 0) is 0 Å². The Morgan fingerprint density at radius 3 is 2.93 bits per heavy atom. The molecule has 0 N–H and O–H groups in total. The van der Waals surface area contributed by atoms with E-state index in [9.17, 15) is 4.39 Å². The minimum Gasteiger partial charge on any atom is -0.207 e. The van der Waals surface area contributed by atoms with E-state index in [2.05, 4.69) is 32.2 Å². The SMILES string of the molecule is C=CC(F)=CC(=C)C1=CC(CC)=CCC1. The van der Waals surface area contributed by atoms with Crippen LogP contribution < -0.4 is 0 Å². The molecule has 0 spiro atoms. The van der Waals surface area contributed by atoms with Gasteiger partial charge in [0.15, 0.2) is 0 Å². The van der Waals surface area contributed by atoms with Gasteiger partial charge in [-0.05, 0) is 42.6 Å². The summed E-state index contributed by atoms with van der Waals surface area (Å²) >= 11 is 0. The number of allylic oxidation sites excluding steroid dienone is 8. The second-order valence-corrected chi connectivity index (χ2v) is 3.60. The van der Waals surface area contributed by atoms with Crippen LogP contribution in [0, 0.1) is 0 Å². The highest BCUT2D eigenvalue weighted by Crippen LogP contribution is 2.25. The first-order chi connectivity index (χ1) is 7.17. The molecule has 0 saturated heterocycles. The van der Waals surface area contributed by atoms with E-state index in [0.29, 0.717) is 0 Å². The Bertz CT molecular complexity index is 354. The molecule has 0 heterocycles. The van der Waals surface area contributed by atoms with Gasteiger partial charge in [-0.3, -0.25) is 0 Å². The molecule has 0 aromatic carbocycles. The van der Waals surface area contributed by atoms with Crippen LogP contribution in [0.5, 0.6) is 0 Å². The van der Waals surface area contributed by atoms with Crippen LogP contribution in [-0.4, -0.2) is 0 Å². The summed E-state index contributed by atoms with van der Waals surface area (Å²) in [6.07, 6.45) is 9.97. The quantitative estimate of drug-likeness (QED) is 0.585. The average Bonchev–Trinajstić information content (AvgIpc) is 2.28. The number of hydrogen-bond donors (Lipinski definition) is 0. The topological polar surface area (TPSA) is 0 Å². The fraction of sp³-hybridized carbons (Fsp3) is 0.286. The van der Waals surface area contributed by atoms with Crippen molar-refractivity contribution in [2.45, 2.75) is 26.2 Å². The molecule has 1 aliphatic carbocycles. The summed E-state index contributed by atoms with van der Waals surface area (Å²) in [7, 11) is 0. The Morgan fingerprint density at radius 1 is 1.60 bits per heavy atom. The standard InChI is InChI=1S/C14H17F/c1-4-12-7-6-8-13(10-12)11(3)9-14(15)5-2/h5,7,9-10H,2-4,6,8H2,1H3. The summed E-state index contributed by atoms with van der Waals surface area (Å²) < 4.78 is 13.0. The van der Waals surface area contributed by atoms with Gasteiger partial charge in [0.25, 0.3) is 0 Å². The molecule has 1 heteroatoms. The van der Waals surface area contributed by atoms with Gasteiger partial charge in [0.1, 0.15) is 5.83 Å². The van der Waals surface area contributed by atoms with Gasteiger partial charge < -0.3 is 0 Å². The molecule has 0 bridgehead atoms. The molecule has 1 rings (SSSR count). The first-order valence-electron chi connectivity index (χ1n) is 5.26. The van der Waals surface area contributed by atoms with E-state index in [4.69, 9.17) is 0 Å². The second kappa shape index (κ2) is 5.50. The highest BCUT2D eigenvalue weighted by molar-refractivity contribution is 5.45. The molecule has 0 unspecified atom stereocenters. The zero-order chi connectivity index (χ0) is 11.3. The Labute approximate surface area is 91.2 Å². The van der Waals surface area contributed by atoms with Crippen molar-refractivity contribution in [2.75, 3.05) is 0 Å². The van der Waals surface area contributed by atoms with Crippen molar-refractivity contribution < 1.29 is 4.39 Å². The molecule has 0 nitrogen and oxygen atoms in total. The summed E-state index contributed by atoms with van der Waals surface area (Å²) in [5.74, 6) is -0.325. The molecule has 0 saturated carbocycles.